The maximum Gasteiger partial charge on any atom is 0.0223 e. The van der Waals surface area contributed by atoms with Gasteiger partial charge in [-0.2, -0.15) is 0 Å². The van der Waals surface area contributed by atoms with Crippen LogP contribution in [0.2, 0.25) is 0 Å². The fourth-order valence-electron chi connectivity index (χ4n) is 0.540. The number of hydrogen-bond acceptors (Lipinski definition) is 0. The summed E-state index contributed by atoms with van der Waals surface area (Å²) in [5.41, 5.74) is 0. The van der Waals surface area contributed by atoms with Gasteiger partial charge in [-0.1, -0.05) is 36.4 Å². The molecule has 0 aromatic carbocycles. The van der Waals surface area contributed by atoms with E-state index >= 15 is 0 Å². The van der Waals surface area contributed by atoms with E-state index in [2.05, 4.69) is 36.4 Å². The summed E-state index contributed by atoms with van der Waals surface area (Å²) in [5.74, 6) is 0.984. The number of rotatable bonds is 0. The van der Waals surface area contributed by atoms with E-state index in [0.29, 0.717) is 3.42 Å². The van der Waals surface area contributed by atoms with E-state index in [1.54, 1.807) is 0 Å². The third-order valence-corrected chi connectivity index (χ3v) is 3.08. The van der Waals surface area contributed by atoms with E-state index in [4.69, 9.17) is 0 Å². The normalized spacial score (nSPS) is 55.5. The van der Waals surface area contributed by atoms with E-state index in [0.717, 1.165) is 5.92 Å². The van der Waals surface area contributed by atoms with Gasteiger partial charge in [0.2, 0.25) is 0 Å². The van der Waals surface area contributed by atoms with Crippen molar-refractivity contribution in [2.45, 2.75) is 23.7 Å². The number of halogens is 1. The van der Waals surface area contributed by atoms with Crippen LogP contribution in [-0.4, -0.2) is 3.42 Å². The van der Waals surface area contributed by atoms with Gasteiger partial charge in [0.05, 0.1) is 0 Å². The Labute approximate surface area is 52.5 Å². The molecular weight excluding hydrogens is 187 g/mol. The molecule has 0 radical (unpaired) electrons. The van der Waals surface area contributed by atoms with Gasteiger partial charge in [0.15, 0.2) is 0 Å². The van der Waals surface area contributed by atoms with Crippen molar-refractivity contribution in [2.75, 3.05) is 0 Å². The molecule has 0 heterocycles. The van der Waals surface area contributed by atoms with Gasteiger partial charge >= 0.3 is 0 Å². The highest BCUT2D eigenvalue weighted by atomic mass is 127. The molecule has 0 spiro atoms. The summed E-state index contributed by atoms with van der Waals surface area (Å²) in [5, 5.41) is 0. The first kappa shape index (κ1) is 4.88. The molecule has 0 N–H and O–H groups in total. The highest BCUT2D eigenvalue weighted by Crippen LogP contribution is 2.50. The molecule has 0 aromatic rings. The van der Waals surface area contributed by atoms with Crippen LogP contribution in [0.25, 0.3) is 0 Å². The molecule has 0 nitrogen and oxygen atoms in total. The van der Waals surface area contributed by atoms with Crippen molar-refractivity contribution in [3.05, 3.63) is 0 Å². The standard InChI is InChI=1S/C5H9I/c1-4-3-5(4,2)6/h4H,3H2,1-2H3/t4?,5-/m0/s1. The molecule has 6 heavy (non-hydrogen) atoms. The maximum absolute atomic E-state index is 2.51. The molecule has 36 valence electrons. The lowest BCUT2D eigenvalue weighted by atomic mass is 10.4. The van der Waals surface area contributed by atoms with Gasteiger partial charge in [-0.25, -0.2) is 0 Å². The minimum atomic E-state index is 0.678. The molecule has 0 aliphatic heterocycles. The van der Waals surface area contributed by atoms with Crippen LogP contribution in [-0.2, 0) is 0 Å². The van der Waals surface area contributed by atoms with Crippen molar-refractivity contribution >= 4 is 22.6 Å². The zero-order valence-electron chi connectivity index (χ0n) is 4.16. The molecule has 1 aliphatic carbocycles. The highest BCUT2D eigenvalue weighted by molar-refractivity contribution is 14.1. The Balaban J connectivity index is 2.41. The summed E-state index contributed by atoms with van der Waals surface area (Å²) in [6.45, 7) is 4.60. The highest BCUT2D eigenvalue weighted by Gasteiger charge is 2.43. The van der Waals surface area contributed by atoms with Crippen LogP contribution in [0.1, 0.15) is 20.3 Å². The molecule has 0 bridgehead atoms. The average molecular weight is 196 g/mol. The van der Waals surface area contributed by atoms with Crippen molar-refractivity contribution in [1.29, 1.82) is 0 Å². The van der Waals surface area contributed by atoms with Crippen LogP contribution in [0.4, 0.5) is 0 Å². The zero-order valence-corrected chi connectivity index (χ0v) is 6.32. The molecule has 1 unspecified atom stereocenters. The maximum atomic E-state index is 2.51. The first-order valence-corrected chi connectivity index (χ1v) is 3.40. The molecule has 0 saturated heterocycles. The summed E-state index contributed by atoms with van der Waals surface area (Å²) < 4.78 is 0.678. The first-order chi connectivity index (χ1) is 2.63. The van der Waals surface area contributed by atoms with E-state index < -0.39 is 0 Å². The van der Waals surface area contributed by atoms with Crippen LogP contribution in [0, 0.1) is 5.92 Å². The third kappa shape index (κ3) is 0.695. The molecule has 1 aliphatic rings. The number of hydrogen-bond donors (Lipinski definition) is 0. The van der Waals surface area contributed by atoms with Gasteiger partial charge < -0.3 is 0 Å². The van der Waals surface area contributed by atoms with Crippen molar-refractivity contribution < 1.29 is 0 Å². The third-order valence-electron chi connectivity index (χ3n) is 1.57. The van der Waals surface area contributed by atoms with Crippen molar-refractivity contribution in [1.82, 2.24) is 0 Å². The van der Waals surface area contributed by atoms with Gasteiger partial charge in [-0.05, 0) is 12.3 Å². The van der Waals surface area contributed by atoms with Gasteiger partial charge in [0.1, 0.15) is 0 Å². The SMILES string of the molecule is CC1C[C@]1(C)I. The molecule has 0 aromatic heterocycles. The molecular formula is C5H9I. The molecule has 1 saturated carbocycles. The summed E-state index contributed by atoms with van der Waals surface area (Å²) in [6, 6.07) is 0. The van der Waals surface area contributed by atoms with E-state index in [9.17, 15) is 0 Å². The molecule has 0 amide bonds. The summed E-state index contributed by atoms with van der Waals surface area (Å²) in [6.07, 6.45) is 1.42. The largest absolute Gasteiger partial charge is 0.0789 e. The quantitative estimate of drug-likeness (QED) is 0.411. The van der Waals surface area contributed by atoms with Crippen molar-refractivity contribution in [2.24, 2.45) is 5.92 Å². The van der Waals surface area contributed by atoms with Gasteiger partial charge in [0.25, 0.3) is 0 Å². The zero-order chi connectivity index (χ0) is 4.78. The lowest BCUT2D eigenvalue weighted by Crippen LogP contribution is -1.86. The Morgan fingerprint density at radius 3 is 2.00 bits per heavy atom. The van der Waals surface area contributed by atoms with E-state index in [1.165, 1.54) is 6.42 Å². The molecule has 1 fully saturated rings. The lowest BCUT2D eigenvalue weighted by Gasteiger charge is -1.89. The smallest absolute Gasteiger partial charge is 0.0223 e. The minimum absolute atomic E-state index is 0.678. The first-order valence-electron chi connectivity index (χ1n) is 2.32. The van der Waals surface area contributed by atoms with Crippen LogP contribution in [0.5, 0.6) is 0 Å². The van der Waals surface area contributed by atoms with Gasteiger partial charge in [-0.3, -0.25) is 0 Å². The van der Waals surface area contributed by atoms with Crippen molar-refractivity contribution in [3.8, 4) is 0 Å². The summed E-state index contributed by atoms with van der Waals surface area (Å²) in [4.78, 5) is 0. The Hall–Kier alpha value is 0.730. The van der Waals surface area contributed by atoms with E-state index in [-0.39, 0.29) is 0 Å². The second-order valence-electron chi connectivity index (χ2n) is 2.38. The molecule has 1 rings (SSSR count). The van der Waals surface area contributed by atoms with Gasteiger partial charge in [0, 0.05) is 3.42 Å². The van der Waals surface area contributed by atoms with Crippen LogP contribution < -0.4 is 0 Å². The fourth-order valence-corrected chi connectivity index (χ4v) is 1.20. The Kier molecular flexibility index (Phi) is 0.905. The molecule has 1 heteroatoms. The predicted octanol–water partition coefficient (Wildman–Crippen LogP) is 2.22. The van der Waals surface area contributed by atoms with Crippen molar-refractivity contribution in [3.63, 3.8) is 0 Å². The summed E-state index contributed by atoms with van der Waals surface area (Å²) >= 11 is 2.51. The Morgan fingerprint density at radius 2 is 2.00 bits per heavy atom. The second-order valence-corrected chi connectivity index (χ2v) is 4.85. The predicted molar refractivity (Wildman–Crippen MR) is 36.2 cm³/mol. The van der Waals surface area contributed by atoms with E-state index in [1.807, 2.05) is 0 Å². The van der Waals surface area contributed by atoms with Crippen LogP contribution in [0.15, 0.2) is 0 Å². The average Bonchev–Trinajstić information content (AvgIpc) is 1.73. The Morgan fingerprint density at radius 1 is 1.83 bits per heavy atom. The van der Waals surface area contributed by atoms with Crippen LogP contribution >= 0.6 is 22.6 Å². The van der Waals surface area contributed by atoms with Crippen LogP contribution in [0.3, 0.4) is 0 Å². The fraction of sp³-hybridized carbons (Fsp3) is 1.00. The topological polar surface area (TPSA) is 0 Å². The summed E-state index contributed by atoms with van der Waals surface area (Å²) in [7, 11) is 0. The second kappa shape index (κ2) is 1.11. The van der Waals surface area contributed by atoms with Gasteiger partial charge in [-0.15, -0.1) is 0 Å². The lowest BCUT2D eigenvalue weighted by molar-refractivity contribution is 0.904. The Bertz CT molecular complexity index is 66.3. The number of alkyl halides is 1. The monoisotopic (exact) mass is 196 g/mol. The molecule has 2 atom stereocenters. The minimum Gasteiger partial charge on any atom is -0.0789 e.